The Bertz CT molecular complexity index is 732. The second kappa shape index (κ2) is 6.05. The fourth-order valence-corrected chi connectivity index (χ4v) is 2.49. The predicted molar refractivity (Wildman–Crippen MR) is 84.5 cm³/mol. The van der Waals surface area contributed by atoms with Crippen LogP contribution in [-0.2, 0) is 4.79 Å². The van der Waals surface area contributed by atoms with E-state index in [1.807, 2.05) is 49.6 Å². The molecule has 2 rings (SSSR count). The number of benzene rings is 1. The third-order valence-electron chi connectivity index (χ3n) is 3.65. The zero-order chi connectivity index (χ0) is 16.4. The highest BCUT2D eigenvalue weighted by Crippen LogP contribution is 2.21. The second-order valence-electron chi connectivity index (χ2n) is 5.49. The summed E-state index contributed by atoms with van der Waals surface area (Å²) in [7, 11) is 0. The first-order chi connectivity index (χ1) is 10.3. The van der Waals surface area contributed by atoms with Crippen LogP contribution in [0.15, 0.2) is 30.3 Å². The monoisotopic (exact) mass is 300 g/mol. The number of amides is 1. The van der Waals surface area contributed by atoms with E-state index in [1.165, 1.54) is 6.92 Å². The van der Waals surface area contributed by atoms with Crippen LogP contribution in [0.3, 0.4) is 0 Å². The number of aromatic nitrogens is 1. The summed E-state index contributed by atoms with van der Waals surface area (Å²) >= 11 is 0. The smallest absolute Gasteiger partial charge is 0.325 e. The third kappa shape index (κ3) is 3.03. The third-order valence-corrected chi connectivity index (χ3v) is 3.65. The molecule has 0 aliphatic carbocycles. The molecule has 0 bridgehead atoms. The van der Waals surface area contributed by atoms with Crippen LogP contribution in [-0.4, -0.2) is 27.6 Å². The molecule has 0 aliphatic heterocycles. The molecule has 5 heteroatoms. The minimum atomic E-state index is -1.05. The number of carbonyl (C=O) groups excluding carboxylic acids is 1. The van der Waals surface area contributed by atoms with Gasteiger partial charge in [0.05, 0.1) is 5.56 Å². The zero-order valence-corrected chi connectivity index (χ0v) is 13.2. The van der Waals surface area contributed by atoms with Gasteiger partial charge >= 0.3 is 5.97 Å². The predicted octanol–water partition coefficient (Wildman–Crippen LogP) is 2.61. The number of carbonyl (C=O) groups is 2. The topological polar surface area (TPSA) is 71.3 Å². The van der Waals surface area contributed by atoms with E-state index in [0.29, 0.717) is 5.56 Å². The van der Waals surface area contributed by atoms with Crippen molar-refractivity contribution in [1.82, 2.24) is 9.88 Å². The number of nitrogens with zero attached hydrogens (tertiary/aromatic N) is 1. The molecule has 0 saturated carbocycles. The summed E-state index contributed by atoms with van der Waals surface area (Å²) in [5.74, 6) is -1.43. The Morgan fingerprint density at radius 3 is 2.45 bits per heavy atom. The molecular formula is C17H20N2O3. The van der Waals surface area contributed by atoms with Crippen LogP contribution in [0, 0.1) is 20.8 Å². The molecule has 0 radical (unpaired) electrons. The minimum absolute atomic E-state index is 0.373. The number of carboxylic acids is 1. The van der Waals surface area contributed by atoms with Crippen molar-refractivity contribution in [1.29, 1.82) is 0 Å². The molecule has 5 nitrogen and oxygen atoms in total. The first-order valence-electron chi connectivity index (χ1n) is 7.11. The summed E-state index contributed by atoms with van der Waals surface area (Å²) in [5.41, 5.74) is 4.33. The molecule has 1 aromatic heterocycles. The molecule has 0 fully saturated rings. The van der Waals surface area contributed by atoms with E-state index < -0.39 is 12.0 Å². The van der Waals surface area contributed by atoms with Crippen LogP contribution in [0.1, 0.15) is 34.2 Å². The van der Waals surface area contributed by atoms with Crippen molar-refractivity contribution < 1.29 is 14.7 Å². The summed E-state index contributed by atoms with van der Waals surface area (Å²) in [6.45, 7) is 7.24. The van der Waals surface area contributed by atoms with Crippen LogP contribution in [0.2, 0.25) is 0 Å². The van der Waals surface area contributed by atoms with Crippen molar-refractivity contribution in [2.75, 3.05) is 0 Å². The van der Waals surface area contributed by atoms with Gasteiger partial charge in [0.1, 0.15) is 6.04 Å². The average molecular weight is 300 g/mol. The lowest BCUT2D eigenvalue weighted by Gasteiger charge is -2.12. The van der Waals surface area contributed by atoms with Gasteiger partial charge in [-0.05, 0) is 51.5 Å². The number of hydrogen-bond donors (Lipinski definition) is 2. The SMILES string of the molecule is Cc1cccc(-n2c(C)cc(C(=O)N[C@@H](C)C(=O)O)c2C)c1. The number of nitrogens with one attached hydrogen (secondary N) is 1. The van der Waals surface area contributed by atoms with E-state index in [4.69, 9.17) is 5.11 Å². The van der Waals surface area contributed by atoms with E-state index in [9.17, 15) is 9.59 Å². The highest BCUT2D eigenvalue weighted by atomic mass is 16.4. The maximum absolute atomic E-state index is 12.3. The van der Waals surface area contributed by atoms with Gasteiger partial charge in [-0.2, -0.15) is 0 Å². The quantitative estimate of drug-likeness (QED) is 0.911. The molecule has 0 spiro atoms. The Balaban J connectivity index is 2.39. The Kier molecular flexibility index (Phi) is 4.35. The fourth-order valence-electron chi connectivity index (χ4n) is 2.49. The summed E-state index contributed by atoms with van der Waals surface area (Å²) in [5, 5.41) is 11.4. The standard InChI is InChI=1S/C17H20N2O3/c1-10-6-5-7-14(8-10)19-11(2)9-15(13(19)4)16(20)18-12(3)17(21)22/h5-9,12H,1-4H3,(H,18,20)(H,21,22)/t12-/m0/s1. The summed E-state index contributed by atoms with van der Waals surface area (Å²) in [6, 6.07) is 8.86. The molecule has 0 unspecified atom stereocenters. The van der Waals surface area contributed by atoms with Gasteiger partial charge < -0.3 is 15.0 Å². The first-order valence-corrected chi connectivity index (χ1v) is 7.11. The van der Waals surface area contributed by atoms with Crippen LogP contribution < -0.4 is 5.32 Å². The minimum Gasteiger partial charge on any atom is -0.480 e. The van der Waals surface area contributed by atoms with Crippen molar-refractivity contribution >= 4 is 11.9 Å². The maximum atomic E-state index is 12.3. The normalized spacial score (nSPS) is 12.0. The lowest BCUT2D eigenvalue weighted by atomic mass is 10.2. The molecular weight excluding hydrogens is 280 g/mol. The second-order valence-corrected chi connectivity index (χ2v) is 5.49. The van der Waals surface area contributed by atoms with Crippen LogP contribution in [0.25, 0.3) is 5.69 Å². The fraction of sp³-hybridized carbons (Fsp3) is 0.294. The zero-order valence-electron chi connectivity index (χ0n) is 13.2. The van der Waals surface area contributed by atoms with Crippen molar-refractivity contribution in [3.05, 3.63) is 52.8 Å². The number of hydrogen-bond acceptors (Lipinski definition) is 2. The van der Waals surface area contributed by atoms with E-state index in [2.05, 4.69) is 5.32 Å². The van der Waals surface area contributed by atoms with Gasteiger partial charge in [-0.15, -0.1) is 0 Å². The summed E-state index contributed by atoms with van der Waals surface area (Å²) in [4.78, 5) is 23.1. The van der Waals surface area contributed by atoms with Gasteiger partial charge in [0.25, 0.3) is 5.91 Å². The first kappa shape index (κ1) is 15.8. The lowest BCUT2D eigenvalue weighted by molar-refractivity contribution is -0.138. The van der Waals surface area contributed by atoms with Gasteiger partial charge in [0.15, 0.2) is 0 Å². The van der Waals surface area contributed by atoms with Crippen molar-refractivity contribution in [3.8, 4) is 5.69 Å². The van der Waals surface area contributed by atoms with Gasteiger partial charge in [0.2, 0.25) is 0 Å². The van der Waals surface area contributed by atoms with Crippen LogP contribution in [0.4, 0.5) is 0 Å². The number of aryl methyl sites for hydroxylation is 2. The number of carboxylic acid groups (broad SMARTS) is 1. The molecule has 1 heterocycles. The Hall–Kier alpha value is -2.56. The van der Waals surface area contributed by atoms with Crippen molar-refractivity contribution in [2.24, 2.45) is 0 Å². The van der Waals surface area contributed by atoms with Gasteiger partial charge in [-0.25, -0.2) is 0 Å². The van der Waals surface area contributed by atoms with E-state index in [0.717, 1.165) is 22.6 Å². The van der Waals surface area contributed by atoms with E-state index in [1.54, 1.807) is 6.07 Å². The molecule has 0 aliphatic rings. The Labute approximate surface area is 129 Å². The average Bonchev–Trinajstić information content (AvgIpc) is 2.73. The van der Waals surface area contributed by atoms with Crippen LogP contribution >= 0.6 is 0 Å². The van der Waals surface area contributed by atoms with Gasteiger partial charge in [0, 0.05) is 17.1 Å². The van der Waals surface area contributed by atoms with Crippen molar-refractivity contribution in [2.45, 2.75) is 33.7 Å². The summed E-state index contributed by atoms with van der Waals surface area (Å²) < 4.78 is 1.99. The largest absolute Gasteiger partial charge is 0.480 e. The molecule has 2 N–H and O–H groups in total. The highest BCUT2D eigenvalue weighted by Gasteiger charge is 2.20. The molecule has 0 saturated heterocycles. The Morgan fingerprint density at radius 2 is 1.86 bits per heavy atom. The van der Waals surface area contributed by atoms with Crippen molar-refractivity contribution in [3.63, 3.8) is 0 Å². The number of rotatable bonds is 4. The van der Waals surface area contributed by atoms with E-state index >= 15 is 0 Å². The molecule has 1 amide bonds. The van der Waals surface area contributed by atoms with Crippen LogP contribution in [0.5, 0.6) is 0 Å². The van der Waals surface area contributed by atoms with Gasteiger partial charge in [-0.3, -0.25) is 9.59 Å². The number of aliphatic carboxylic acids is 1. The molecule has 1 aromatic carbocycles. The Morgan fingerprint density at radius 1 is 1.18 bits per heavy atom. The summed E-state index contributed by atoms with van der Waals surface area (Å²) in [6.07, 6.45) is 0. The maximum Gasteiger partial charge on any atom is 0.325 e. The molecule has 116 valence electrons. The lowest BCUT2D eigenvalue weighted by Crippen LogP contribution is -2.38. The van der Waals surface area contributed by atoms with Gasteiger partial charge in [-0.1, -0.05) is 12.1 Å². The van der Waals surface area contributed by atoms with E-state index in [-0.39, 0.29) is 5.91 Å². The molecule has 1 atom stereocenters. The highest BCUT2D eigenvalue weighted by molar-refractivity contribution is 5.98. The molecule has 2 aromatic rings. The molecule has 22 heavy (non-hydrogen) atoms.